The van der Waals surface area contributed by atoms with E-state index in [9.17, 15) is 4.79 Å². The molecular weight excluding hydrogens is 336 g/mol. The summed E-state index contributed by atoms with van der Waals surface area (Å²) in [6, 6.07) is 14.4. The van der Waals surface area contributed by atoms with Crippen molar-refractivity contribution in [3.63, 3.8) is 0 Å². The van der Waals surface area contributed by atoms with E-state index in [0.717, 1.165) is 31.7 Å². The number of carbonyl (C=O) groups is 1. The molecule has 140 valence electrons. The maximum absolute atomic E-state index is 12.9. The SMILES string of the molecule is CCn1cc2c3c(cccc31)CN(C(=O)CCc1ccc(OC)cc1)CC2. The minimum atomic E-state index is 0.233. The molecule has 4 nitrogen and oxygen atoms in total. The molecule has 2 aromatic carbocycles. The van der Waals surface area contributed by atoms with Crippen molar-refractivity contribution < 1.29 is 9.53 Å². The Hall–Kier alpha value is -2.75. The van der Waals surface area contributed by atoms with Crippen LogP contribution in [0.1, 0.15) is 30.0 Å². The van der Waals surface area contributed by atoms with Crippen molar-refractivity contribution in [1.29, 1.82) is 0 Å². The number of carbonyl (C=O) groups excluding carboxylic acids is 1. The van der Waals surface area contributed by atoms with Crippen LogP contribution in [0.3, 0.4) is 0 Å². The smallest absolute Gasteiger partial charge is 0.223 e. The average Bonchev–Trinajstić information content (AvgIpc) is 2.97. The quantitative estimate of drug-likeness (QED) is 0.682. The Bertz CT molecular complexity index is 956. The maximum atomic E-state index is 12.9. The molecule has 0 atom stereocenters. The molecule has 0 bridgehead atoms. The van der Waals surface area contributed by atoms with Gasteiger partial charge in [0.15, 0.2) is 0 Å². The number of benzene rings is 2. The van der Waals surface area contributed by atoms with Gasteiger partial charge in [-0.2, -0.15) is 0 Å². The third-order valence-corrected chi connectivity index (χ3v) is 5.56. The van der Waals surface area contributed by atoms with Gasteiger partial charge in [0.25, 0.3) is 0 Å². The Balaban J connectivity index is 1.48. The molecule has 0 N–H and O–H groups in total. The normalized spacial score (nSPS) is 13.6. The fourth-order valence-corrected chi connectivity index (χ4v) is 4.06. The molecule has 1 aliphatic rings. The fourth-order valence-electron chi connectivity index (χ4n) is 4.06. The topological polar surface area (TPSA) is 34.5 Å². The van der Waals surface area contributed by atoms with Crippen molar-refractivity contribution in [2.24, 2.45) is 0 Å². The second kappa shape index (κ2) is 7.47. The number of ether oxygens (including phenoxy) is 1. The van der Waals surface area contributed by atoms with E-state index in [0.29, 0.717) is 13.0 Å². The lowest BCUT2D eigenvalue weighted by molar-refractivity contribution is -0.131. The molecule has 4 heteroatoms. The monoisotopic (exact) mass is 362 g/mol. The standard InChI is InChI=1S/C23H26N2O2/c1-3-24-15-19-13-14-25(16-18-5-4-6-21(24)23(18)19)22(26)12-9-17-7-10-20(27-2)11-8-17/h4-8,10-11,15H,3,9,12-14,16H2,1-2H3. The van der Waals surface area contributed by atoms with Gasteiger partial charge in [0.1, 0.15) is 5.75 Å². The van der Waals surface area contributed by atoms with E-state index in [1.807, 2.05) is 29.2 Å². The lowest BCUT2D eigenvalue weighted by atomic mass is 10.1. The molecule has 4 rings (SSSR count). The van der Waals surface area contributed by atoms with E-state index in [1.54, 1.807) is 7.11 Å². The Morgan fingerprint density at radius 3 is 2.67 bits per heavy atom. The van der Waals surface area contributed by atoms with Crippen LogP contribution in [0.2, 0.25) is 0 Å². The summed E-state index contributed by atoms with van der Waals surface area (Å²) in [6.45, 7) is 4.65. The molecule has 27 heavy (non-hydrogen) atoms. The van der Waals surface area contributed by atoms with Crippen molar-refractivity contribution >= 4 is 16.8 Å². The van der Waals surface area contributed by atoms with Crippen LogP contribution in [0.4, 0.5) is 0 Å². The molecule has 0 fully saturated rings. The minimum absolute atomic E-state index is 0.233. The zero-order valence-corrected chi connectivity index (χ0v) is 16.1. The van der Waals surface area contributed by atoms with Gasteiger partial charge in [-0.15, -0.1) is 0 Å². The molecule has 0 radical (unpaired) electrons. The number of aromatic nitrogens is 1. The highest BCUT2D eigenvalue weighted by Gasteiger charge is 2.21. The van der Waals surface area contributed by atoms with Crippen LogP contribution in [-0.2, 0) is 30.7 Å². The number of hydrogen-bond acceptors (Lipinski definition) is 2. The van der Waals surface area contributed by atoms with Gasteiger partial charge in [-0.05, 0) is 54.7 Å². The van der Waals surface area contributed by atoms with Crippen molar-refractivity contribution in [2.75, 3.05) is 13.7 Å². The predicted molar refractivity (Wildman–Crippen MR) is 108 cm³/mol. The second-order valence-electron chi connectivity index (χ2n) is 7.16. The van der Waals surface area contributed by atoms with Crippen LogP contribution in [0.25, 0.3) is 10.9 Å². The lowest BCUT2D eigenvalue weighted by Gasteiger charge is -2.21. The third-order valence-electron chi connectivity index (χ3n) is 5.56. The zero-order valence-electron chi connectivity index (χ0n) is 16.1. The molecule has 1 aliphatic heterocycles. The number of hydrogen-bond donors (Lipinski definition) is 0. The molecule has 0 spiro atoms. The predicted octanol–water partition coefficient (Wildman–Crippen LogP) is 4.19. The molecule has 1 amide bonds. The van der Waals surface area contributed by atoms with E-state index in [1.165, 1.54) is 27.6 Å². The van der Waals surface area contributed by atoms with E-state index in [-0.39, 0.29) is 5.91 Å². The van der Waals surface area contributed by atoms with E-state index in [4.69, 9.17) is 4.74 Å². The lowest BCUT2D eigenvalue weighted by Crippen LogP contribution is -2.31. The minimum Gasteiger partial charge on any atom is -0.497 e. The highest BCUT2D eigenvalue weighted by atomic mass is 16.5. The first-order valence-corrected chi connectivity index (χ1v) is 9.70. The number of nitrogens with zero attached hydrogens (tertiary/aromatic N) is 2. The summed E-state index contributed by atoms with van der Waals surface area (Å²) < 4.78 is 7.51. The summed E-state index contributed by atoms with van der Waals surface area (Å²) in [7, 11) is 1.67. The van der Waals surface area contributed by atoms with Gasteiger partial charge in [0.2, 0.25) is 5.91 Å². The van der Waals surface area contributed by atoms with Crippen molar-refractivity contribution in [1.82, 2.24) is 9.47 Å². The van der Waals surface area contributed by atoms with Gasteiger partial charge in [-0.25, -0.2) is 0 Å². The van der Waals surface area contributed by atoms with Gasteiger partial charge in [0, 0.05) is 43.2 Å². The average molecular weight is 362 g/mol. The Morgan fingerprint density at radius 1 is 1.11 bits per heavy atom. The molecule has 0 saturated carbocycles. The van der Waals surface area contributed by atoms with E-state index < -0.39 is 0 Å². The first-order valence-electron chi connectivity index (χ1n) is 9.70. The zero-order chi connectivity index (χ0) is 18.8. The highest BCUT2D eigenvalue weighted by molar-refractivity contribution is 5.88. The van der Waals surface area contributed by atoms with Crippen LogP contribution < -0.4 is 4.74 Å². The summed E-state index contributed by atoms with van der Waals surface area (Å²) in [6.07, 6.45) is 4.49. The second-order valence-corrected chi connectivity index (χ2v) is 7.16. The van der Waals surface area contributed by atoms with Crippen molar-refractivity contribution in [2.45, 2.75) is 39.3 Å². The Labute approximate surface area is 160 Å². The van der Waals surface area contributed by atoms with Crippen LogP contribution >= 0.6 is 0 Å². The van der Waals surface area contributed by atoms with Gasteiger partial charge in [-0.1, -0.05) is 24.3 Å². The summed E-state index contributed by atoms with van der Waals surface area (Å²) in [5.74, 6) is 1.08. The van der Waals surface area contributed by atoms with Gasteiger partial charge < -0.3 is 14.2 Å². The Kier molecular flexibility index (Phi) is 4.88. The molecular formula is C23H26N2O2. The molecule has 1 aromatic heterocycles. The van der Waals surface area contributed by atoms with Crippen LogP contribution in [-0.4, -0.2) is 29.0 Å². The van der Waals surface area contributed by atoms with Crippen LogP contribution in [0.15, 0.2) is 48.7 Å². The third kappa shape index (κ3) is 3.44. The molecule has 0 unspecified atom stereocenters. The van der Waals surface area contributed by atoms with Crippen LogP contribution in [0.5, 0.6) is 5.75 Å². The molecule has 3 aromatic rings. The number of aryl methyl sites for hydroxylation is 2. The number of methoxy groups -OCH3 is 1. The summed E-state index contributed by atoms with van der Waals surface area (Å²) >= 11 is 0. The van der Waals surface area contributed by atoms with E-state index in [2.05, 4.69) is 35.9 Å². The highest BCUT2D eigenvalue weighted by Crippen LogP contribution is 2.29. The Morgan fingerprint density at radius 2 is 1.93 bits per heavy atom. The first kappa shape index (κ1) is 17.7. The van der Waals surface area contributed by atoms with Gasteiger partial charge in [0.05, 0.1) is 7.11 Å². The number of amides is 1. The van der Waals surface area contributed by atoms with Gasteiger partial charge in [-0.3, -0.25) is 4.79 Å². The number of rotatable bonds is 5. The van der Waals surface area contributed by atoms with Crippen LogP contribution in [0, 0.1) is 0 Å². The summed E-state index contributed by atoms with van der Waals surface area (Å²) in [5.41, 5.74) is 5.09. The molecule has 2 heterocycles. The van der Waals surface area contributed by atoms with Crippen molar-refractivity contribution in [3.8, 4) is 5.75 Å². The van der Waals surface area contributed by atoms with Crippen molar-refractivity contribution in [3.05, 3.63) is 65.4 Å². The maximum Gasteiger partial charge on any atom is 0.223 e. The van der Waals surface area contributed by atoms with Gasteiger partial charge >= 0.3 is 0 Å². The largest absolute Gasteiger partial charge is 0.497 e. The molecule has 0 saturated heterocycles. The first-order chi connectivity index (χ1) is 13.2. The fraction of sp³-hybridized carbons (Fsp3) is 0.348. The van der Waals surface area contributed by atoms with E-state index >= 15 is 0 Å². The summed E-state index contributed by atoms with van der Waals surface area (Å²) in [4.78, 5) is 14.9. The molecule has 0 aliphatic carbocycles. The summed E-state index contributed by atoms with van der Waals surface area (Å²) in [5, 5.41) is 1.35.